The molecule has 2 bridgehead atoms. The van der Waals surface area contributed by atoms with E-state index in [4.69, 9.17) is 0 Å². The molecule has 2 N–H and O–H groups in total. The molecule has 2 fully saturated rings. The van der Waals surface area contributed by atoms with Crippen LogP contribution in [0.15, 0.2) is 18.3 Å². The maximum Gasteiger partial charge on any atom is 0.224 e. The Bertz CT molecular complexity index is 445. The molecule has 0 spiro atoms. The van der Waals surface area contributed by atoms with Gasteiger partial charge in [-0.05, 0) is 50.7 Å². The third-order valence-corrected chi connectivity index (χ3v) is 4.24. The van der Waals surface area contributed by atoms with Gasteiger partial charge in [-0.25, -0.2) is 0 Å². The van der Waals surface area contributed by atoms with Crippen molar-refractivity contribution in [3.8, 4) is 0 Å². The van der Waals surface area contributed by atoms with Gasteiger partial charge in [0.2, 0.25) is 5.91 Å². The Labute approximate surface area is 114 Å². The van der Waals surface area contributed by atoms with Crippen molar-refractivity contribution in [3.63, 3.8) is 0 Å². The fraction of sp³-hybridized carbons (Fsp3) is 0.600. The average Bonchev–Trinajstić information content (AvgIpc) is 2.72. The molecule has 3 rings (SSSR count). The van der Waals surface area contributed by atoms with Crippen molar-refractivity contribution in [1.82, 2.24) is 10.3 Å². The zero-order chi connectivity index (χ0) is 13.2. The molecule has 4 nitrogen and oxygen atoms in total. The number of nitrogens with zero attached hydrogens (tertiary/aromatic N) is 1. The van der Waals surface area contributed by atoms with Gasteiger partial charge in [0.25, 0.3) is 0 Å². The van der Waals surface area contributed by atoms with E-state index in [1.807, 2.05) is 19.1 Å². The Morgan fingerprint density at radius 1 is 1.37 bits per heavy atom. The molecule has 2 atom stereocenters. The van der Waals surface area contributed by atoms with Crippen LogP contribution in [0, 0.1) is 12.8 Å². The molecule has 2 aliphatic heterocycles. The van der Waals surface area contributed by atoms with Crippen molar-refractivity contribution in [3.05, 3.63) is 24.0 Å². The summed E-state index contributed by atoms with van der Waals surface area (Å²) in [6, 6.07) is 5.13. The third kappa shape index (κ3) is 3.13. The standard InChI is InChI=1S/C15H21N3O/c1-10-2-3-14(9-16-10)18-15(19)8-11-6-12-4-5-13(7-11)17-12/h2-3,9,11-13,17H,4-8H2,1H3,(H,18,19). The van der Waals surface area contributed by atoms with Crippen LogP contribution < -0.4 is 10.6 Å². The van der Waals surface area contributed by atoms with Gasteiger partial charge in [0.15, 0.2) is 0 Å². The molecular weight excluding hydrogens is 238 g/mol. The number of carbonyl (C=O) groups is 1. The second-order valence-electron chi connectivity index (χ2n) is 5.92. The van der Waals surface area contributed by atoms with E-state index in [-0.39, 0.29) is 5.91 Å². The second kappa shape index (κ2) is 5.29. The van der Waals surface area contributed by atoms with Gasteiger partial charge in [-0.3, -0.25) is 9.78 Å². The van der Waals surface area contributed by atoms with Crippen LogP contribution >= 0.6 is 0 Å². The van der Waals surface area contributed by atoms with Crippen LogP contribution in [0.25, 0.3) is 0 Å². The highest BCUT2D eigenvalue weighted by Gasteiger charge is 2.34. The number of amides is 1. The normalized spacial score (nSPS) is 29.2. The smallest absolute Gasteiger partial charge is 0.224 e. The van der Waals surface area contributed by atoms with Gasteiger partial charge in [-0.15, -0.1) is 0 Å². The van der Waals surface area contributed by atoms with Crippen molar-refractivity contribution >= 4 is 11.6 Å². The van der Waals surface area contributed by atoms with Crippen LogP contribution in [0.4, 0.5) is 5.69 Å². The Balaban J connectivity index is 1.52. The molecule has 0 saturated carbocycles. The summed E-state index contributed by atoms with van der Waals surface area (Å²) in [4.78, 5) is 16.2. The molecule has 19 heavy (non-hydrogen) atoms. The first kappa shape index (κ1) is 12.6. The van der Waals surface area contributed by atoms with Crippen LogP contribution in [-0.2, 0) is 4.79 Å². The first-order chi connectivity index (χ1) is 9.19. The summed E-state index contributed by atoms with van der Waals surface area (Å²) < 4.78 is 0. The van der Waals surface area contributed by atoms with Gasteiger partial charge in [0.05, 0.1) is 11.9 Å². The quantitative estimate of drug-likeness (QED) is 0.875. The van der Waals surface area contributed by atoms with E-state index in [9.17, 15) is 4.79 Å². The Hall–Kier alpha value is -1.42. The minimum absolute atomic E-state index is 0.122. The van der Waals surface area contributed by atoms with E-state index in [1.165, 1.54) is 12.8 Å². The van der Waals surface area contributed by atoms with Crippen molar-refractivity contribution < 1.29 is 4.79 Å². The number of carbonyl (C=O) groups excluding carboxylic acids is 1. The van der Waals surface area contributed by atoms with E-state index in [0.717, 1.165) is 24.2 Å². The lowest BCUT2D eigenvalue weighted by Crippen LogP contribution is -2.39. The number of aryl methyl sites for hydroxylation is 1. The van der Waals surface area contributed by atoms with Gasteiger partial charge in [0.1, 0.15) is 0 Å². The molecule has 1 amide bonds. The van der Waals surface area contributed by atoms with Crippen molar-refractivity contribution in [2.45, 2.75) is 51.1 Å². The number of aromatic nitrogens is 1. The number of piperidine rings is 1. The molecule has 2 saturated heterocycles. The summed E-state index contributed by atoms with van der Waals surface area (Å²) in [6.07, 6.45) is 7.23. The number of fused-ring (bicyclic) bond motifs is 2. The summed E-state index contributed by atoms with van der Waals surface area (Å²) in [5.41, 5.74) is 1.76. The van der Waals surface area contributed by atoms with Crippen LogP contribution in [0.1, 0.15) is 37.8 Å². The zero-order valence-electron chi connectivity index (χ0n) is 11.4. The number of hydrogen-bond donors (Lipinski definition) is 2. The molecule has 0 aliphatic carbocycles. The van der Waals surface area contributed by atoms with Gasteiger partial charge in [-0.1, -0.05) is 0 Å². The monoisotopic (exact) mass is 259 g/mol. The molecule has 102 valence electrons. The predicted octanol–water partition coefficient (Wildman–Crippen LogP) is 2.25. The van der Waals surface area contributed by atoms with Crippen molar-refractivity contribution in [1.29, 1.82) is 0 Å². The number of hydrogen-bond acceptors (Lipinski definition) is 3. The zero-order valence-corrected chi connectivity index (χ0v) is 11.4. The molecule has 0 radical (unpaired) electrons. The molecule has 3 heterocycles. The summed E-state index contributed by atoms with van der Waals surface area (Å²) in [7, 11) is 0. The van der Waals surface area contributed by atoms with Gasteiger partial charge < -0.3 is 10.6 Å². The van der Waals surface area contributed by atoms with Crippen LogP contribution in [-0.4, -0.2) is 23.0 Å². The van der Waals surface area contributed by atoms with E-state index < -0.39 is 0 Å². The molecule has 2 aliphatic rings. The fourth-order valence-corrected chi connectivity index (χ4v) is 3.36. The molecule has 0 aromatic carbocycles. The van der Waals surface area contributed by atoms with Crippen molar-refractivity contribution in [2.24, 2.45) is 5.92 Å². The predicted molar refractivity (Wildman–Crippen MR) is 74.9 cm³/mol. The highest BCUT2D eigenvalue weighted by molar-refractivity contribution is 5.90. The van der Waals surface area contributed by atoms with E-state index in [1.54, 1.807) is 6.20 Å². The molecule has 1 aromatic heterocycles. The number of pyridine rings is 1. The first-order valence-corrected chi connectivity index (χ1v) is 7.17. The third-order valence-electron chi connectivity index (χ3n) is 4.24. The lowest BCUT2D eigenvalue weighted by Gasteiger charge is -2.28. The number of anilines is 1. The summed E-state index contributed by atoms with van der Waals surface area (Å²) in [5, 5.41) is 6.55. The highest BCUT2D eigenvalue weighted by atomic mass is 16.1. The van der Waals surface area contributed by atoms with Crippen LogP contribution in [0.3, 0.4) is 0 Å². The minimum atomic E-state index is 0.122. The van der Waals surface area contributed by atoms with E-state index in [0.29, 0.717) is 24.4 Å². The Morgan fingerprint density at radius 2 is 2.11 bits per heavy atom. The topological polar surface area (TPSA) is 54.0 Å². The Morgan fingerprint density at radius 3 is 2.74 bits per heavy atom. The van der Waals surface area contributed by atoms with Crippen LogP contribution in [0.5, 0.6) is 0 Å². The largest absolute Gasteiger partial charge is 0.325 e. The SMILES string of the molecule is Cc1ccc(NC(=O)CC2CC3CCC(C2)N3)cn1. The summed E-state index contributed by atoms with van der Waals surface area (Å²) in [6.45, 7) is 1.94. The van der Waals surface area contributed by atoms with Gasteiger partial charge >= 0.3 is 0 Å². The molecule has 4 heteroatoms. The Kier molecular flexibility index (Phi) is 3.51. The molecular formula is C15H21N3O. The van der Waals surface area contributed by atoms with E-state index >= 15 is 0 Å². The highest BCUT2D eigenvalue weighted by Crippen LogP contribution is 2.32. The number of nitrogens with one attached hydrogen (secondary N) is 2. The maximum atomic E-state index is 12.0. The first-order valence-electron chi connectivity index (χ1n) is 7.17. The van der Waals surface area contributed by atoms with Gasteiger partial charge in [0, 0.05) is 24.2 Å². The maximum absolute atomic E-state index is 12.0. The van der Waals surface area contributed by atoms with E-state index in [2.05, 4.69) is 15.6 Å². The average molecular weight is 259 g/mol. The molecule has 1 aromatic rings. The molecule has 2 unspecified atom stereocenters. The van der Waals surface area contributed by atoms with Gasteiger partial charge in [-0.2, -0.15) is 0 Å². The van der Waals surface area contributed by atoms with Crippen LogP contribution in [0.2, 0.25) is 0 Å². The minimum Gasteiger partial charge on any atom is -0.325 e. The second-order valence-corrected chi connectivity index (χ2v) is 5.92. The van der Waals surface area contributed by atoms with Crippen molar-refractivity contribution in [2.75, 3.05) is 5.32 Å². The number of rotatable bonds is 3. The summed E-state index contributed by atoms with van der Waals surface area (Å²) in [5.74, 6) is 0.661. The lowest BCUT2D eigenvalue weighted by atomic mass is 9.89. The lowest BCUT2D eigenvalue weighted by molar-refractivity contribution is -0.117. The fourth-order valence-electron chi connectivity index (χ4n) is 3.36. The summed E-state index contributed by atoms with van der Waals surface area (Å²) >= 11 is 0.